The molecule has 0 bridgehead atoms. The molecule has 12 heteroatoms. The van der Waals surface area contributed by atoms with Gasteiger partial charge in [0, 0.05) is 5.92 Å². The van der Waals surface area contributed by atoms with E-state index in [0.717, 1.165) is 58.4 Å². The van der Waals surface area contributed by atoms with Crippen LogP contribution in [0.5, 0.6) is 11.5 Å². The maximum atomic E-state index is 14.1. The Morgan fingerprint density at radius 1 is 0.957 bits per heavy atom. The summed E-state index contributed by atoms with van der Waals surface area (Å²) in [4.78, 5) is 41.6. The zero-order chi connectivity index (χ0) is 31.9. The topological polar surface area (TPSA) is 116 Å². The second-order valence-electron chi connectivity index (χ2n) is 11.6. The second-order valence-corrected chi connectivity index (χ2v) is 11.6. The van der Waals surface area contributed by atoms with Crippen LogP contribution in [0.3, 0.4) is 0 Å². The van der Waals surface area contributed by atoms with Crippen molar-refractivity contribution in [2.75, 3.05) is 25.7 Å². The number of halogens is 1. The number of ether oxygens (including phenoxy) is 2. The minimum Gasteiger partial charge on any atom is -0.497 e. The number of carbonyl (C=O) groups is 3. The van der Waals surface area contributed by atoms with Crippen molar-refractivity contribution in [1.29, 1.82) is 0 Å². The highest BCUT2D eigenvalue weighted by Crippen LogP contribution is 2.45. The number of hydrogen-bond donors (Lipinski definition) is 0. The molecule has 1 saturated heterocycles. The maximum absolute atomic E-state index is 14.1. The first kappa shape index (κ1) is 29.3. The van der Waals surface area contributed by atoms with Gasteiger partial charge in [-0.3, -0.25) is 19.4 Å². The number of methoxy groups -OCH3 is 2. The fourth-order valence-electron chi connectivity index (χ4n) is 6.68. The molecule has 3 aliphatic heterocycles. The van der Waals surface area contributed by atoms with Crippen LogP contribution >= 0.6 is 0 Å². The van der Waals surface area contributed by atoms with Crippen LogP contribution in [0.1, 0.15) is 36.4 Å². The van der Waals surface area contributed by atoms with Gasteiger partial charge < -0.3 is 9.47 Å². The molecule has 11 nitrogen and oxygen atoms in total. The number of amides is 3. The van der Waals surface area contributed by atoms with E-state index in [-0.39, 0.29) is 18.2 Å². The lowest BCUT2D eigenvalue weighted by Gasteiger charge is -2.30. The highest BCUT2D eigenvalue weighted by molar-refractivity contribution is 6.25. The smallest absolute Gasteiger partial charge is 0.264 e. The van der Waals surface area contributed by atoms with Crippen molar-refractivity contribution in [3.63, 3.8) is 0 Å². The Kier molecular flexibility index (Phi) is 7.55. The number of rotatable bonds is 7. The normalized spacial score (nSPS) is 24.4. The van der Waals surface area contributed by atoms with Gasteiger partial charge in [-0.2, -0.15) is 10.2 Å². The summed E-state index contributed by atoms with van der Waals surface area (Å²) < 4.78 is 24.6. The Balaban J connectivity index is 1.19. The summed E-state index contributed by atoms with van der Waals surface area (Å²) in [5, 5.41) is 15.8. The van der Waals surface area contributed by atoms with Crippen LogP contribution in [0.4, 0.5) is 10.1 Å². The first-order valence-electron chi connectivity index (χ1n) is 15.1. The third-order valence-corrected chi connectivity index (χ3v) is 8.89. The van der Waals surface area contributed by atoms with E-state index in [0.29, 0.717) is 5.75 Å². The predicted octanol–water partition coefficient (Wildman–Crippen LogP) is 4.96. The van der Waals surface area contributed by atoms with Gasteiger partial charge in [-0.1, -0.05) is 35.6 Å². The molecule has 1 saturated carbocycles. The predicted molar refractivity (Wildman–Crippen MR) is 166 cm³/mol. The van der Waals surface area contributed by atoms with E-state index in [2.05, 4.69) is 16.4 Å². The molecule has 1 aliphatic carbocycles. The van der Waals surface area contributed by atoms with E-state index in [4.69, 9.17) is 14.6 Å². The lowest BCUT2D eigenvalue weighted by atomic mass is 9.77. The number of nitrogens with zero attached hydrogens (tertiary/aromatic N) is 6. The van der Waals surface area contributed by atoms with Gasteiger partial charge in [-0.25, -0.2) is 14.3 Å². The number of fused-ring (bicyclic) bond motifs is 2. The molecule has 4 aliphatic rings. The summed E-state index contributed by atoms with van der Waals surface area (Å²) in [7, 11) is 3.23. The Morgan fingerprint density at radius 3 is 2.37 bits per heavy atom. The monoisotopic (exact) mass is 622 g/mol. The third-order valence-electron chi connectivity index (χ3n) is 8.89. The van der Waals surface area contributed by atoms with Crippen molar-refractivity contribution in [3.05, 3.63) is 95.3 Å². The number of hydrogen-bond acceptors (Lipinski definition) is 9. The highest BCUT2D eigenvalue weighted by Gasteiger charge is 2.55. The van der Waals surface area contributed by atoms with E-state index in [1.54, 1.807) is 14.2 Å². The van der Waals surface area contributed by atoms with Crippen LogP contribution in [0, 0.1) is 11.7 Å². The van der Waals surface area contributed by atoms with E-state index >= 15 is 0 Å². The first-order chi connectivity index (χ1) is 22.4. The van der Waals surface area contributed by atoms with Gasteiger partial charge in [0.25, 0.3) is 17.7 Å². The number of allylic oxidation sites excluding steroid dienone is 1. The van der Waals surface area contributed by atoms with Crippen LogP contribution < -0.4 is 14.4 Å². The molecular formula is C34H31FN6O5. The van der Waals surface area contributed by atoms with Crippen LogP contribution in [0.15, 0.2) is 93.8 Å². The zero-order valence-corrected chi connectivity index (χ0v) is 25.2. The molecule has 0 aromatic heterocycles. The van der Waals surface area contributed by atoms with Crippen LogP contribution in [0.2, 0.25) is 0 Å². The van der Waals surface area contributed by atoms with Gasteiger partial charge >= 0.3 is 0 Å². The molecule has 3 amide bonds. The molecule has 0 unspecified atom stereocenters. The van der Waals surface area contributed by atoms with Crippen LogP contribution in [-0.2, 0) is 14.4 Å². The minimum absolute atomic E-state index is 0.0540. The molecule has 7 rings (SSSR count). The Labute approximate surface area is 264 Å². The molecule has 0 N–H and O–H groups in total. The van der Waals surface area contributed by atoms with Gasteiger partial charge in [0.2, 0.25) is 0 Å². The van der Waals surface area contributed by atoms with Crippen molar-refractivity contribution in [1.82, 2.24) is 10.0 Å². The molecule has 46 heavy (non-hydrogen) atoms. The standard InChI is InChI=1S/C34H31FN6O5/c1-45-25-13-9-20(10-14-25)17-22-5-3-8-27-29(22)37-41(31(27)21-11-15-26(46-2)16-12-21)28(42)19-39-32-30(36-38-39)33(43)40(34(32)44)24-7-4-6-23(35)18-24/h4,6-7,9-18,27,30-32H,3,5,8,19H2,1-2H3/b22-17-/t27-,30+,31+,32+/m1/s1. The number of imide groups is 1. The molecule has 234 valence electrons. The highest BCUT2D eigenvalue weighted by atomic mass is 19.1. The lowest BCUT2D eigenvalue weighted by molar-refractivity contribution is -0.136. The third kappa shape index (κ3) is 5.09. The van der Waals surface area contributed by atoms with E-state index in [1.165, 1.54) is 28.2 Å². The Morgan fingerprint density at radius 2 is 1.67 bits per heavy atom. The minimum atomic E-state index is -1.12. The fraction of sp³-hybridized carbons (Fsp3) is 0.294. The van der Waals surface area contributed by atoms with E-state index < -0.39 is 41.7 Å². The molecule has 3 heterocycles. The van der Waals surface area contributed by atoms with Crippen molar-refractivity contribution < 1.29 is 28.2 Å². The van der Waals surface area contributed by atoms with Gasteiger partial charge in [0.1, 0.15) is 23.9 Å². The number of carbonyl (C=O) groups excluding carboxylic acids is 3. The summed E-state index contributed by atoms with van der Waals surface area (Å²) in [6, 6.07) is 18.0. The molecule has 3 aromatic carbocycles. The van der Waals surface area contributed by atoms with Gasteiger partial charge in [-0.15, -0.1) is 0 Å². The molecule has 3 aromatic rings. The zero-order valence-electron chi connectivity index (χ0n) is 25.2. The van der Waals surface area contributed by atoms with E-state index in [1.807, 2.05) is 48.5 Å². The van der Waals surface area contributed by atoms with Crippen molar-refractivity contribution in [2.24, 2.45) is 21.4 Å². The number of benzene rings is 3. The SMILES string of the molecule is COc1ccc(/C=C2/CCC[C@@H]3C2=NN(C(=O)CN2N=N[C@@H]4C(=O)N(c5cccc(F)c5)C(=O)[C@H]42)[C@H]3c2ccc(OC)cc2)cc1. The molecule has 4 atom stereocenters. The Hall–Kier alpha value is -5.39. The number of anilines is 1. The molecule has 2 fully saturated rings. The Bertz CT molecular complexity index is 1790. The molecule has 0 spiro atoms. The summed E-state index contributed by atoms with van der Waals surface area (Å²) in [6.07, 6.45) is 4.68. The second kappa shape index (κ2) is 11.8. The summed E-state index contributed by atoms with van der Waals surface area (Å²) in [6.45, 7) is -0.325. The maximum Gasteiger partial charge on any atom is 0.264 e. The lowest BCUT2D eigenvalue weighted by Crippen LogP contribution is -2.45. The average molecular weight is 623 g/mol. The van der Waals surface area contributed by atoms with Gasteiger partial charge in [0.15, 0.2) is 12.1 Å². The molecule has 0 radical (unpaired) electrons. The van der Waals surface area contributed by atoms with Crippen LogP contribution in [0.25, 0.3) is 6.08 Å². The first-order valence-corrected chi connectivity index (χ1v) is 15.1. The fourth-order valence-corrected chi connectivity index (χ4v) is 6.68. The van der Waals surface area contributed by atoms with Crippen LogP contribution in [-0.4, -0.2) is 66.3 Å². The largest absolute Gasteiger partial charge is 0.497 e. The summed E-state index contributed by atoms with van der Waals surface area (Å²) >= 11 is 0. The van der Waals surface area contributed by atoms with Crippen molar-refractivity contribution >= 4 is 35.2 Å². The van der Waals surface area contributed by atoms with E-state index in [9.17, 15) is 18.8 Å². The van der Waals surface area contributed by atoms with Gasteiger partial charge in [0.05, 0.1) is 31.7 Å². The average Bonchev–Trinajstić information content (AvgIpc) is 3.74. The molecular weight excluding hydrogens is 591 g/mol. The van der Waals surface area contributed by atoms with Gasteiger partial charge in [-0.05, 0) is 84.5 Å². The summed E-state index contributed by atoms with van der Waals surface area (Å²) in [5.74, 6) is -0.797. The van der Waals surface area contributed by atoms with Crippen molar-refractivity contribution in [3.8, 4) is 11.5 Å². The quantitative estimate of drug-likeness (QED) is 0.344. The summed E-state index contributed by atoms with van der Waals surface area (Å²) in [5.41, 5.74) is 3.91. The number of hydrazone groups is 1. The van der Waals surface area contributed by atoms with Crippen molar-refractivity contribution in [2.45, 2.75) is 37.4 Å².